The fourth-order valence-corrected chi connectivity index (χ4v) is 8.50. The molecule has 1 heteroatoms. The third kappa shape index (κ3) is 6.67. The van der Waals surface area contributed by atoms with Crippen LogP contribution in [0.2, 0.25) is 0 Å². The van der Waals surface area contributed by atoms with Crippen molar-refractivity contribution in [1.29, 1.82) is 5.41 Å². The Bertz CT molecular complexity index is 1560. The number of hydrogen-bond acceptors (Lipinski definition) is 1. The predicted molar refractivity (Wildman–Crippen MR) is 185 cm³/mol. The summed E-state index contributed by atoms with van der Waals surface area (Å²) in [7, 11) is 0. The Morgan fingerprint density at radius 1 is 0.907 bits per heavy atom. The Morgan fingerprint density at radius 2 is 1.74 bits per heavy atom. The third-order valence-electron chi connectivity index (χ3n) is 10.9. The van der Waals surface area contributed by atoms with Crippen LogP contribution in [0, 0.1) is 23.2 Å². The molecule has 0 aliphatic heterocycles. The van der Waals surface area contributed by atoms with Gasteiger partial charge in [0.05, 0.1) is 0 Å². The lowest BCUT2D eigenvalue weighted by molar-refractivity contribution is 0.528. The third-order valence-corrected chi connectivity index (χ3v) is 10.9. The highest BCUT2D eigenvalue weighted by atomic mass is 14.3. The van der Waals surface area contributed by atoms with Crippen molar-refractivity contribution in [3.63, 3.8) is 0 Å². The smallest absolute Gasteiger partial charge is 0.00134 e. The van der Waals surface area contributed by atoms with Crippen LogP contribution in [0.15, 0.2) is 106 Å². The van der Waals surface area contributed by atoms with E-state index in [1.807, 2.05) is 0 Å². The van der Waals surface area contributed by atoms with Gasteiger partial charge >= 0.3 is 0 Å². The summed E-state index contributed by atoms with van der Waals surface area (Å²) in [5, 5.41) is 10.6. The molecule has 0 fully saturated rings. The van der Waals surface area contributed by atoms with E-state index < -0.39 is 0 Å². The number of rotatable bonds is 10. The lowest BCUT2D eigenvalue weighted by atomic mass is 9.71. The maximum atomic E-state index is 7.65. The molecule has 224 valence electrons. The quantitative estimate of drug-likeness (QED) is 0.214. The van der Waals surface area contributed by atoms with E-state index in [1.165, 1.54) is 93.1 Å². The van der Waals surface area contributed by atoms with Crippen molar-refractivity contribution < 1.29 is 0 Å². The zero-order valence-corrected chi connectivity index (χ0v) is 26.6. The van der Waals surface area contributed by atoms with Gasteiger partial charge in [0.25, 0.3) is 0 Å². The van der Waals surface area contributed by atoms with E-state index in [9.17, 15) is 0 Å². The van der Waals surface area contributed by atoms with Crippen LogP contribution in [-0.4, -0.2) is 6.21 Å². The molecule has 5 aliphatic rings. The average Bonchev–Trinajstić information content (AvgIpc) is 3.06. The van der Waals surface area contributed by atoms with Crippen molar-refractivity contribution in [3.05, 3.63) is 116 Å². The highest BCUT2D eigenvalue weighted by molar-refractivity contribution is 5.59. The van der Waals surface area contributed by atoms with Crippen LogP contribution in [0.4, 0.5) is 0 Å². The van der Waals surface area contributed by atoms with Gasteiger partial charge in [0.2, 0.25) is 0 Å². The van der Waals surface area contributed by atoms with Crippen LogP contribution in [0.1, 0.15) is 104 Å². The monoisotopic (exact) mass is 569 g/mol. The summed E-state index contributed by atoms with van der Waals surface area (Å²) in [6.45, 7) is 4.47. The lowest BCUT2D eigenvalue weighted by Crippen LogP contribution is -2.31. The van der Waals surface area contributed by atoms with Gasteiger partial charge in [0, 0.05) is 0 Å². The van der Waals surface area contributed by atoms with Crippen molar-refractivity contribution in [2.24, 2.45) is 17.8 Å². The molecule has 0 radical (unpaired) electrons. The molecule has 0 spiro atoms. The highest BCUT2D eigenvalue weighted by Crippen LogP contribution is 2.46. The molecule has 6 rings (SSSR count). The Morgan fingerprint density at radius 3 is 2.51 bits per heavy atom. The van der Waals surface area contributed by atoms with Crippen LogP contribution < -0.4 is 10.4 Å². The molecule has 5 aliphatic carbocycles. The van der Waals surface area contributed by atoms with Gasteiger partial charge in [-0.25, -0.2) is 0 Å². The molecule has 0 amide bonds. The summed E-state index contributed by atoms with van der Waals surface area (Å²) in [6, 6.07) is 9.03. The number of benzene rings is 1. The second-order valence-corrected chi connectivity index (χ2v) is 13.4. The van der Waals surface area contributed by atoms with E-state index in [4.69, 9.17) is 5.41 Å². The van der Waals surface area contributed by atoms with Crippen molar-refractivity contribution in [3.8, 4) is 0 Å². The fourth-order valence-electron chi connectivity index (χ4n) is 8.50. The van der Waals surface area contributed by atoms with Gasteiger partial charge in [0.1, 0.15) is 0 Å². The minimum atomic E-state index is 0.520. The van der Waals surface area contributed by atoms with Crippen LogP contribution in [0.3, 0.4) is 0 Å². The first-order valence-electron chi connectivity index (χ1n) is 17.3. The molecule has 0 bridgehead atoms. The van der Waals surface area contributed by atoms with E-state index in [2.05, 4.69) is 86.7 Å². The Balaban J connectivity index is 1.19. The van der Waals surface area contributed by atoms with Crippen molar-refractivity contribution in [2.45, 2.75) is 104 Å². The molecule has 0 aromatic heterocycles. The zero-order chi connectivity index (χ0) is 29.6. The molecule has 0 saturated carbocycles. The first-order valence-corrected chi connectivity index (χ1v) is 17.3. The summed E-state index contributed by atoms with van der Waals surface area (Å²) < 4.78 is 0. The molecule has 1 aromatic rings. The Labute approximate surface area is 260 Å². The minimum absolute atomic E-state index is 0.520. The van der Waals surface area contributed by atoms with E-state index in [-0.39, 0.29) is 0 Å². The summed E-state index contributed by atoms with van der Waals surface area (Å²) in [5.41, 5.74) is 13.0. The maximum absolute atomic E-state index is 7.65. The first-order chi connectivity index (χ1) is 21.2. The van der Waals surface area contributed by atoms with Gasteiger partial charge in [-0.3, -0.25) is 0 Å². The van der Waals surface area contributed by atoms with Gasteiger partial charge in [-0.05, 0) is 154 Å². The number of nitrogens with one attached hydrogen (secondary N) is 1. The zero-order valence-electron chi connectivity index (χ0n) is 26.6. The lowest BCUT2D eigenvalue weighted by Gasteiger charge is -2.34. The average molecular weight is 570 g/mol. The SMILES string of the molecule is CC/C=C(\C)C(CC=N)CCC1=CC=C(C2=C3CCC=CC3=C(C3C=CC(C4=c5ccccc5=CCC4)CC3)CC2)CC1. The topological polar surface area (TPSA) is 23.9 Å². The summed E-state index contributed by atoms with van der Waals surface area (Å²) >= 11 is 0. The van der Waals surface area contributed by atoms with Crippen LogP contribution in [0.5, 0.6) is 0 Å². The molecule has 1 aromatic carbocycles. The van der Waals surface area contributed by atoms with Crippen LogP contribution in [-0.2, 0) is 0 Å². The molecule has 0 saturated heterocycles. The number of fused-ring (bicyclic) bond motifs is 2. The second-order valence-electron chi connectivity index (χ2n) is 13.4. The second kappa shape index (κ2) is 14.1. The van der Waals surface area contributed by atoms with Crippen LogP contribution in [0.25, 0.3) is 11.6 Å². The standard InChI is InChI=1S/C42H51N/c1-3-9-30(2)32(28-29-43)19-16-31-17-20-34(21-18-31)39-26-27-40(42-14-7-6-13-41(39)42)36-24-22-35(23-25-36)38-15-8-11-33-10-4-5-12-37(33)38/h4-5,7,9-12,14,17,20,22,24,29,32,35-36,43H,3,6,8,13,15-16,18-19,21,23,25-28H2,1-2H3/b30-9+,43-29?. The van der Waals surface area contributed by atoms with E-state index in [0.29, 0.717) is 17.8 Å². The summed E-state index contributed by atoms with van der Waals surface area (Å²) in [5.74, 6) is 1.72. The highest BCUT2D eigenvalue weighted by Gasteiger charge is 2.29. The van der Waals surface area contributed by atoms with E-state index in [0.717, 1.165) is 12.8 Å². The molecule has 0 heterocycles. The number of hydrogen-bond donors (Lipinski definition) is 1. The molecular formula is C42H51N. The maximum Gasteiger partial charge on any atom is -0.00134 e. The van der Waals surface area contributed by atoms with Crippen molar-refractivity contribution in [2.75, 3.05) is 0 Å². The molecule has 3 atom stereocenters. The molecule has 43 heavy (non-hydrogen) atoms. The van der Waals surface area contributed by atoms with Crippen LogP contribution >= 0.6 is 0 Å². The van der Waals surface area contributed by atoms with E-state index in [1.54, 1.807) is 45.2 Å². The van der Waals surface area contributed by atoms with Crippen molar-refractivity contribution in [1.82, 2.24) is 0 Å². The molecule has 3 unspecified atom stereocenters. The first kappa shape index (κ1) is 29.9. The van der Waals surface area contributed by atoms with Gasteiger partial charge < -0.3 is 5.41 Å². The molecular weight excluding hydrogens is 518 g/mol. The largest absolute Gasteiger partial charge is 0.313 e. The summed E-state index contributed by atoms with van der Waals surface area (Å²) in [4.78, 5) is 0. The predicted octanol–water partition coefficient (Wildman–Crippen LogP) is 10.2. The van der Waals surface area contributed by atoms with Gasteiger partial charge in [-0.15, -0.1) is 0 Å². The Hall–Kier alpha value is -3.19. The minimum Gasteiger partial charge on any atom is -0.313 e. The fraction of sp³-hybridized carbons (Fsp3) is 0.452. The number of allylic oxidation sites excluding steroid dienone is 14. The Kier molecular flexibility index (Phi) is 9.77. The van der Waals surface area contributed by atoms with Crippen molar-refractivity contribution >= 4 is 17.9 Å². The van der Waals surface area contributed by atoms with E-state index >= 15 is 0 Å². The normalized spacial score (nSPS) is 24.6. The molecule has 1 nitrogen and oxygen atoms in total. The molecule has 1 N–H and O–H groups in total. The summed E-state index contributed by atoms with van der Waals surface area (Å²) in [6.07, 6.45) is 37.9. The van der Waals surface area contributed by atoms with Gasteiger partial charge in [-0.1, -0.05) is 102 Å². The van der Waals surface area contributed by atoms with Gasteiger partial charge in [0.15, 0.2) is 0 Å². The van der Waals surface area contributed by atoms with Gasteiger partial charge in [-0.2, -0.15) is 0 Å².